The molecule has 0 spiro atoms. The van der Waals surface area contributed by atoms with Crippen molar-refractivity contribution >= 4 is 28.4 Å². The summed E-state index contributed by atoms with van der Waals surface area (Å²) in [5.41, 5.74) is 3.87. The first-order chi connectivity index (χ1) is 15.2. The number of fused-ring (bicyclic) bond motifs is 1. The van der Waals surface area contributed by atoms with Gasteiger partial charge >= 0.3 is 6.03 Å². The van der Waals surface area contributed by atoms with Crippen LogP contribution in [0.2, 0.25) is 0 Å². The minimum atomic E-state index is -0.253. The van der Waals surface area contributed by atoms with Gasteiger partial charge in [0.2, 0.25) is 0 Å². The van der Waals surface area contributed by atoms with Crippen LogP contribution in [-0.2, 0) is 0 Å². The zero-order valence-corrected chi connectivity index (χ0v) is 16.6. The van der Waals surface area contributed by atoms with Gasteiger partial charge in [-0.05, 0) is 54.6 Å². The Balaban J connectivity index is 1.51. The number of aromatic nitrogens is 2. The molecule has 2 aromatic carbocycles. The van der Waals surface area contributed by atoms with Gasteiger partial charge in [0, 0.05) is 18.4 Å². The molecular weight excluding hydrogens is 392 g/mol. The first kappa shape index (κ1) is 18.6. The fraction of sp³-hybridized carbons (Fsp3) is 0.0417. The molecule has 152 valence electrons. The molecule has 0 saturated carbocycles. The molecule has 7 nitrogen and oxygen atoms in total. The predicted octanol–water partition coefficient (Wildman–Crippen LogP) is 5.82. The molecule has 1 N–H and O–H groups in total. The van der Waals surface area contributed by atoms with Crippen molar-refractivity contribution in [1.82, 2.24) is 9.97 Å². The van der Waals surface area contributed by atoms with E-state index in [9.17, 15) is 4.79 Å². The van der Waals surface area contributed by atoms with Crippen LogP contribution in [0.15, 0.2) is 94.2 Å². The molecule has 0 unspecified atom stereocenters. The summed E-state index contributed by atoms with van der Waals surface area (Å²) in [6.07, 6.45) is 3.18. The number of carbonyl (C=O) groups is 1. The molecule has 7 heteroatoms. The number of urea groups is 1. The van der Waals surface area contributed by atoms with Crippen molar-refractivity contribution in [2.45, 2.75) is 0 Å². The van der Waals surface area contributed by atoms with Gasteiger partial charge in [-0.2, -0.15) is 0 Å². The van der Waals surface area contributed by atoms with E-state index in [1.165, 1.54) is 0 Å². The minimum Gasteiger partial charge on any atom is -0.463 e. The molecule has 5 rings (SSSR count). The van der Waals surface area contributed by atoms with Crippen LogP contribution in [0.3, 0.4) is 0 Å². The Morgan fingerprint density at radius 2 is 1.45 bits per heavy atom. The Kier molecular flexibility index (Phi) is 4.68. The Morgan fingerprint density at radius 1 is 0.806 bits per heavy atom. The number of benzene rings is 2. The Bertz CT molecular complexity index is 1330. The van der Waals surface area contributed by atoms with Crippen LogP contribution in [0.5, 0.6) is 0 Å². The maximum Gasteiger partial charge on any atom is 0.326 e. The number of anilines is 2. The number of amides is 2. The van der Waals surface area contributed by atoms with Gasteiger partial charge < -0.3 is 14.2 Å². The number of para-hydroxylation sites is 1. The van der Waals surface area contributed by atoms with Crippen LogP contribution in [0.4, 0.5) is 16.2 Å². The second kappa shape index (κ2) is 7.79. The Labute approximate surface area is 178 Å². The predicted molar refractivity (Wildman–Crippen MR) is 119 cm³/mol. The molecule has 0 radical (unpaired) electrons. The van der Waals surface area contributed by atoms with Gasteiger partial charge in [-0.15, -0.1) is 0 Å². The van der Waals surface area contributed by atoms with E-state index in [-0.39, 0.29) is 6.03 Å². The summed E-state index contributed by atoms with van der Waals surface area (Å²) < 4.78 is 11.1. The van der Waals surface area contributed by atoms with Crippen LogP contribution in [0.25, 0.3) is 33.9 Å². The quantitative estimate of drug-likeness (QED) is 0.404. The number of carbonyl (C=O) groups excluding carboxylic acids is 1. The zero-order chi connectivity index (χ0) is 21.2. The SMILES string of the molecule is CN(C(=O)Nc1ccc2nc(-c3ccco3)c(-c3ccco3)nc2c1)c1ccccc1. The van der Waals surface area contributed by atoms with E-state index in [0.29, 0.717) is 39.6 Å². The van der Waals surface area contributed by atoms with E-state index in [4.69, 9.17) is 18.8 Å². The number of hydrogen-bond acceptors (Lipinski definition) is 5. The van der Waals surface area contributed by atoms with Crippen LogP contribution in [0.1, 0.15) is 0 Å². The van der Waals surface area contributed by atoms with Crippen molar-refractivity contribution in [3.63, 3.8) is 0 Å². The molecule has 3 aromatic heterocycles. The maximum absolute atomic E-state index is 12.7. The molecule has 5 aromatic rings. The van der Waals surface area contributed by atoms with Crippen LogP contribution < -0.4 is 10.2 Å². The van der Waals surface area contributed by atoms with Gasteiger partial charge in [-0.3, -0.25) is 4.90 Å². The third kappa shape index (κ3) is 3.64. The van der Waals surface area contributed by atoms with Crippen molar-refractivity contribution < 1.29 is 13.6 Å². The lowest BCUT2D eigenvalue weighted by molar-refractivity contribution is 0.258. The third-order valence-corrected chi connectivity index (χ3v) is 4.87. The van der Waals surface area contributed by atoms with Crippen molar-refractivity contribution in [3.8, 4) is 22.9 Å². The number of nitrogens with one attached hydrogen (secondary N) is 1. The average Bonchev–Trinajstić information content (AvgIpc) is 3.52. The molecule has 3 heterocycles. The van der Waals surface area contributed by atoms with E-state index in [1.807, 2.05) is 48.5 Å². The molecule has 0 aliphatic heterocycles. The highest BCUT2D eigenvalue weighted by atomic mass is 16.3. The van der Waals surface area contributed by atoms with Crippen LogP contribution in [-0.4, -0.2) is 23.0 Å². The highest BCUT2D eigenvalue weighted by Gasteiger charge is 2.18. The summed E-state index contributed by atoms with van der Waals surface area (Å²) >= 11 is 0. The first-order valence-corrected chi connectivity index (χ1v) is 9.68. The second-order valence-corrected chi connectivity index (χ2v) is 6.90. The summed E-state index contributed by atoms with van der Waals surface area (Å²) in [5, 5.41) is 2.91. The van der Waals surface area contributed by atoms with Crippen molar-refractivity contribution in [2.24, 2.45) is 0 Å². The molecular formula is C24H18N4O3. The molecule has 0 atom stereocenters. The molecule has 0 bridgehead atoms. The summed E-state index contributed by atoms with van der Waals surface area (Å²) in [4.78, 5) is 23.7. The van der Waals surface area contributed by atoms with E-state index < -0.39 is 0 Å². The van der Waals surface area contributed by atoms with Gasteiger partial charge in [0.25, 0.3) is 0 Å². The standard InChI is InChI=1S/C24H18N4O3/c1-28(17-7-3-2-4-8-17)24(29)25-16-11-12-18-19(15-16)27-23(21-10-6-14-31-21)22(26-18)20-9-5-13-30-20/h2-15H,1H3,(H,25,29). The first-order valence-electron chi connectivity index (χ1n) is 9.68. The molecule has 0 aliphatic rings. The van der Waals surface area contributed by atoms with Gasteiger partial charge in [-0.25, -0.2) is 14.8 Å². The van der Waals surface area contributed by atoms with Crippen molar-refractivity contribution in [2.75, 3.05) is 17.3 Å². The lowest BCUT2D eigenvalue weighted by Gasteiger charge is -2.18. The summed E-state index contributed by atoms with van der Waals surface area (Å²) in [6.45, 7) is 0. The summed E-state index contributed by atoms with van der Waals surface area (Å²) in [7, 11) is 1.72. The molecule has 31 heavy (non-hydrogen) atoms. The topological polar surface area (TPSA) is 84.4 Å². The number of furan rings is 2. The molecule has 0 fully saturated rings. The number of nitrogens with zero attached hydrogens (tertiary/aromatic N) is 3. The highest BCUT2D eigenvalue weighted by Crippen LogP contribution is 2.32. The average molecular weight is 410 g/mol. The summed E-state index contributed by atoms with van der Waals surface area (Å²) in [5.74, 6) is 1.18. The number of rotatable bonds is 4. The van der Waals surface area contributed by atoms with E-state index in [0.717, 1.165) is 5.69 Å². The van der Waals surface area contributed by atoms with Gasteiger partial charge in [0.1, 0.15) is 11.4 Å². The van der Waals surface area contributed by atoms with Crippen molar-refractivity contribution in [1.29, 1.82) is 0 Å². The van der Waals surface area contributed by atoms with Crippen LogP contribution >= 0.6 is 0 Å². The van der Waals surface area contributed by atoms with Gasteiger partial charge in [0.15, 0.2) is 11.5 Å². The summed E-state index contributed by atoms with van der Waals surface area (Å²) in [6, 6.07) is 21.8. The largest absolute Gasteiger partial charge is 0.463 e. The minimum absolute atomic E-state index is 0.253. The van der Waals surface area contributed by atoms with E-state index >= 15 is 0 Å². The maximum atomic E-state index is 12.7. The van der Waals surface area contributed by atoms with Gasteiger partial charge in [-0.1, -0.05) is 18.2 Å². The Hall–Kier alpha value is -4.39. The lowest BCUT2D eigenvalue weighted by Crippen LogP contribution is -2.31. The number of hydrogen-bond donors (Lipinski definition) is 1. The fourth-order valence-corrected chi connectivity index (χ4v) is 3.28. The van der Waals surface area contributed by atoms with E-state index in [2.05, 4.69) is 5.32 Å². The lowest BCUT2D eigenvalue weighted by atomic mass is 10.1. The molecule has 0 aliphatic carbocycles. The third-order valence-electron chi connectivity index (χ3n) is 4.87. The second-order valence-electron chi connectivity index (χ2n) is 6.90. The molecule has 0 saturated heterocycles. The van der Waals surface area contributed by atoms with E-state index in [1.54, 1.807) is 48.7 Å². The van der Waals surface area contributed by atoms with Crippen molar-refractivity contribution in [3.05, 3.63) is 85.3 Å². The zero-order valence-electron chi connectivity index (χ0n) is 16.6. The fourth-order valence-electron chi connectivity index (χ4n) is 3.28. The normalized spacial score (nSPS) is 10.9. The Morgan fingerprint density at radius 3 is 2.06 bits per heavy atom. The smallest absolute Gasteiger partial charge is 0.326 e. The van der Waals surface area contributed by atoms with Crippen LogP contribution in [0, 0.1) is 0 Å². The monoisotopic (exact) mass is 410 g/mol. The van der Waals surface area contributed by atoms with Gasteiger partial charge in [0.05, 0.1) is 23.6 Å². The highest BCUT2D eigenvalue weighted by molar-refractivity contribution is 6.02. The molecule has 2 amide bonds.